The molecule has 0 atom stereocenters. The van der Waals surface area contributed by atoms with Crippen molar-refractivity contribution >= 4 is 45.0 Å². The van der Waals surface area contributed by atoms with E-state index in [1.54, 1.807) is 11.3 Å². The lowest BCUT2D eigenvalue weighted by Crippen LogP contribution is -2.36. The molecule has 1 aromatic heterocycles. The van der Waals surface area contributed by atoms with Crippen molar-refractivity contribution < 1.29 is 4.79 Å². The molecular formula is C21H26ClN3OS. The molecule has 6 heteroatoms. The van der Waals surface area contributed by atoms with Gasteiger partial charge in [-0.05, 0) is 44.6 Å². The number of amides is 1. The summed E-state index contributed by atoms with van der Waals surface area (Å²) in [7, 11) is 4.05. The molecule has 0 N–H and O–H groups in total. The lowest BCUT2D eigenvalue weighted by molar-refractivity contribution is -0.118. The fraction of sp³-hybridized carbons (Fsp3) is 0.333. The number of benzene rings is 2. The molecule has 0 fully saturated rings. The number of fused-ring (bicyclic) bond motifs is 1. The Kier molecular flexibility index (Phi) is 7.78. The molecule has 1 amide bonds. The standard InChI is InChI=1S/C21H25N3OS.ClH/c1-16-8-7-11-18-20(16)22-21(26-18)24(15-14-23(2)3)19(25)13-12-17-9-5-4-6-10-17;/h4-11H,12-15H2,1-3H3;1H. The molecular weight excluding hydrogens is 378 g/mol. The first kappa shape index (κ1) is 21.4. The van der Waals surface area contributed by atoms with Crippen LogP contribution in [0.1, 0.15) is 17.5 Å². The third-order valence-electron chi connectivity index (χ3n) is 4.38. The van der Waals surface area contributed by atoms with Crippen LogP contribution in [0.3, 0.4) is 0 Å². The van der Waals surface area contributed by atoms with Gasteiger partial charge in [0.05, 0.1) is 10.2 Å². The largest absolute Gasteiger partial charge is 0.308 e. The van der Waals surface area contributed by atoms with Crippen molar-refractivity contribution in [3.05, 3.63) is 59.7 Å². The predicted molar refractivity (Wildman–Crippen MR) is 117 cm³/mol. The summed E-state index contributed by atoms with van der Waals surface area (Å²) >= 11 is 1.60. The summed E-state index contributed by atoms with van der Waals surface area (Å²) in [4.78, 5) is 21.7. The summed E-state index contributed by atoms with van der Waals surface area (Å²) in [5.74, 6) is 0.132. The highest BCUT2D eigenvalue weighted by molar-refractivity contribution is 7.22. The number of halogens is 1. The van der Waals surface area contributed by atoms with E-state index in [0.717, 1.165) is 33.9 Å². The smallest absolute Gasteiger partial charge is 0.229 e. The normalized spacial score (nSPS) is 10.8. The summed E-state index contributed by atoms with van der Waals surface area (Å²) in [5, 5.41) is 0.800. The summed E-state index contributed by atoms with van der Waals surface area (Å²) in [6, 6.07) is 16.3. The lowest BCUT2D eigenvalue weighted by Gasteiger charge is -2.22. The monoisotopic (exact) mass is 403 g/mol. The lowest BCUT2D eigenvalue weighted by atomic mass is 10.1. The van der Waals surface area contributed by atoms with Gasteiger partial charge in [0.25, 0.3) is 0 Å². The average Bonchev–Trinajstić information content (AvgIpc) is 3.06. The molecule has 0 aliphatic heterocycles. The number of hydrogen-bond acceptors (Lipinski definition) is 4. The topological polar surface area (TPSA) is 36.4 Å². The van der Waals surface area contributed by atoms with Crippen LogP contribution in [0, 0.1) is 6.92 Å². The molecule has 0 saturated heterocycles. The number of nitrogens with zero attached hydrogens (tertiary/aromatic N) is 3. The second-order valence-corrected chi connectivity index (χ2v) is 7.76. The van der Waals surface area contributed by atoms with E-state index in [4.69, 9.17) is 4.98 Å². The van der Waals surface area contributed by atoms with Gasteiger partial charge in [-0.3, -0.25) is 9.69 Å². The van der Waals surface area contributed by atoms with Gasteiger partial charge in [0.1, 0.15) is 0 Å². The van der Waals surface area contributed by atoms with E-state index in [0.29, 0.717) is 13.0 Å². The molecule has 0 saturated carbocycles. The van der Waals surface area contributed by atoms with Crippen LogP contribution in [0.5, 0.6) is 0 Å². The zero-order chi connectivity index (χ0) is 18.5. The minimum Gasteiger partial charge on any atom is -0.308 e. The molecule has 2 aromatic carbocycles. The highest BCUT2D eigenvalue weighted by atomic mass is 35.5. The molecule has 0 unspecified atom stereocenters. The van der Waals surface area contributed by atoms with Crippen LogP contribution in [0.15, 0.2) is 48.5 Å². The SMILES string of the molecule is Cc1cccc2sc(N(CCN(C)C)C(=O)CCc3ccccc3)nc12.Cl. The van der Waals surface area contributed by atoms with Crippen LogP contribution in [0.4, 0.5) is 5.13 Å². The Morgan fingerprint density at radius 3 is 2.44 bits per heavy atom. The molecule has 0 spiro atoms. The highest BCUT2D eigenvalue weighted by Gasteiger charge is 2.20. The van der Waals surface area contributed by atoms with Gasteiger partial charge in [-0.1, -0.05) is 53.8 Å². The van der Waals surface area contributed by atoms with E-state index in [9.17, 15) is 4.79 Å². The summed E-state index contributed by atoms with van der Waals surface area (Å²) in [5.41, 5.74) is 3.33. The number of para-hydroxylation sites is 1. The van der Waals surface area contributed by atoms with Crippen molar-refractivity contribution in [1.82, 2.24) is 9.88 Å². The maximum Gasteiger partial charge on any atom is 0.229 e. The fourth-order valence-corrected chi connectivity index (χ4v) is 3.93. The Bertz CT molecular complexity index is 880. The van der Waals surface area contributed by atoms with Crippen molar-refractivity contribution in [3.63, 3.8) is 0 Å². The van der Waals surface area contributed by atoms with Gasteiger partial charge in [-0.2, -0.15) is 0 Å². The van der Waals surface area contributed by atoms with E-state index in [1.807, 2.05) is 43.3 Å². The number of aryl methyl sites for hydroxylation is 2. The molecule has 0 aliphatic rings. The Labute approximate surface area is 171 Å². The first-order valence-corrected chi connectivity index (χ1v) is 9.71. The maximum absolute atomic E-state index is 13.0. The zero-order valence-electron chi connectivity index (χ0n) is 16.0. The predicted octanol–water partition coefficient (Wildman–Crippen LogP) is 4.55. The van der Waals surface area contributed by atoms with Crippen molar-refractivity contribution in [2.75, 3.05) is 32.1 Å². The molecule has 1 heterocycles. The number of aromatic nitrogens is 1. The second-order valence-electron chi connectivity index (χ2n) is 6.75. The third-order valence-corrected chi connectivity index (χ3v) is 5.43. The van der Waals surface area contributed by atoms with Gasteiger partial charge < -0.3 is 4.90 Å². The number of anilines is 1. The molecule has 0 aliphatic carbocycles. The molecule has 0 bridgehead atoms. The first-order valence-electron chi connectivity index (χ1n) is 8.90. The van der Waals surface area contributed by atoms with Crippen LogP contribution in [-0.4, -0.2) is 43.0 Å². The average molecular weight is 404 g/mol. The molecule has 3 rings (SSSR count). The summed E-state index contributed by atoms with van der Waals surface area (Å²) < 4.78 is 1.13. The number of hydrogen-bond donors (Lipinski definition) is 0. The van der Waals surface area contributed by atoms with E-state index < -0.39 is 0 Å². The van der Waals surface area contributed by atoms with Crippen LogP contribution in [0.25, 0.3) is 10.2 Å². The number of likely N-dealkylation sites (N-methyl/N-ethyl adjacent to an activating group) is 1. The quantitative estimate of drug-likeness (QED) is 0.580. The summed E-state index contributed by atoms with van der Waals surface area (Å²) in [6.45, 7) is 3.53. The van der Waals surface area contributed by atoms with Gasteiger partial charge in [-0.25, -0.2) is 4.98 Å². The third kappa shape index (κ3) is 5.51. The minimum atomic E-state index is 0. The number of carbonyl (C=O) groups is 1. The van der Waals surface area contributed by atoms with Crippen LogP contribution in [0.2, 0.25) is 0 Å². The molecule has 144 valence electrons. The Hall–Kier alpha value is -1.95. The van der Waals surface area contributed by atoms with Crippen LogP contribution < -0.4 is 4.90 Å². The van der Waals surface area contributed by atoms with Crippen LogP contribution >= 0.6 is 23.7 Å². The summed E-state index contributed by atoms with van der Waals surface area (Å²) in [6.07, 6.45) is 1.24. The van der Waals surface area contributed by atoms with Gasteiger partial charge >= 0.3 is 0 Å². The van der Waals surface area contributed by atoms with E-state index >= 15 is 0 Å². The zero-order valence-corrected chi connectivity index (χ0v) is 17.6. The van der Waals surface area contributed by atoms with E-state index in [-0.39, 0.29) is 18.3 Å². The number of thiazole rings is 1. The van der Waals surface area contributed by atoms with E-state index in [2.05, 4.69) is 36.1 Å². The molecule has 3 aromatic rings. The van der Waals surface area contributed by atoms with E-state index in [1.165, 1.54) is 5.56 Å². The maximum atomic E-state index is 13.0. The molecule has 27 heavy (non-hydrogen) atoms. The Balaban J connectivity index is 0.00000261. The van der Waals surface area contributed by atoms with Gasteiger partial charge in [0.2, 0.25) is 5.91 Å². The van der Waals surface area contributed by atoms with Crippen molar-refractivity contribution in [1.29, 1.82) is 0 Å². The highest BCUT2D eigenvalue weighted by Crippen LogP contribution is 2.31. The second kappa shape index (κ2) is 9.83. The Morgan fingerprint density at radius 2 is 1.78 bits per heavy atom. The van der Waals surface area contributed by atoms with Gasteiger partial charge in [0, 0.05) is 19.5 Å². The van der Waals surface area contributed by atoms with Crippen molar-refractivity contribution in [2.45, 2.75) is 19.8 Å². The minimum absolute atomic E-state index is 0. The molecule has 4 nitrogen and oxygen atoms in total. The number of carbonyl (C=O) groups excluding carboxylic acids is 1. The van der Waals surface area contributed by atoms with Gasteiger partial charge in [0.15, 0.2) is 5.13 Å². The number of rotatable bonds is 7. The van der Waals surface area contributed by atoms with Crippen molar-refractivity contribution in [3.8, 4) is 0 Å². The fourth-order valence-electron chi connectivity index (χ4n) is 2.85. The Morgan fingerprint density at radius 1 is 1.04 bits per heavy atom. The molecule has 0 radical (unpaired) electrons. The first-order chi connectivity index (χ1) is 12.5. The van der Waals surface area contributed by atoms with Crippen molar-refractivity contribution in [2.24, 2.45) is 0 Å². The van der Waals surface area contributed by atoms with Gasteiger partial charge in [-0.15, -0.1) is 12.4 Å². The van der Waals surface area contributed by atoms with Crippen LogP contribution in [-0.2, 0) is 11.2 Å².